The third kappa shape index (κ3) is 6.10. The van der Waals surface area contributed by atoms with Crippen molar-refractivity contribution in [3.63, 3.8) is 0 Å². The largest absolute Gasteiger partial charge is 0.394 e. The zero-order chi connectivity index (χ0) is 11.7. The van der Waals surface area contributed by atoms with Crippen molar-refractivity contribution >= 4 is 0 Å². The maximum Gasteiger partial charge on any atom is 0.108 e. The minimum Gasteiger partial charge on any atom is -0.394 e. The maximum atomic E-state index is 9.67. The summed E-state index contributed by atoms with van der Waals surface area (Å²) in [6.45, 7) is 4.03. The Labute approximate surface area is 91.9 Å². The normalized spacial score (nSPS) is 17.4. The van der Waals surface area contributed by atoms with Gasteiger partial charge in [-0.1, -0.05) is 26.2 Å². The maximum absolute atomic E-state index is 9.67. The van der Waals surface area contributed by atoms with Crippen LogP contribution in [-0.4, -0.2) is 46.8 Å². The van der Waals surface area contributed by atoms with Crippen molar-refractivity contribution in [2.75, 3.05) is 13.2 Å². The molecule has 4 nitrogen and oxygen atoms in total. The van der Waals surface area contributed by atoms with Gasteiger partial charge in [0.05, 0.1) is 12.7 Å². The number of hydrogen-bond acceptors (Lipinski definition) is 4. The molecular weight excluding hydrogens is 196 g/mol. The van der Waals surface area contributed by atoms with Crippen LogP contribution in [0.25, 0.3) is 0 Å². The highest BCUT2D eigenvalue weighted by molar-refractivity contribution is 4.76. The predicted octanol–water partition coefficient (Wildman–Crippen LogP) is 0.686. The number of rotatable bonds is 9. The number of hydrogen-bond donors (Lipinski definition) is 3. The Hall–Kier alpha value is -0.160. The molecule has 0 radical (unpaired) electrons. The van der Waals surface area contributed by atoms with Gasteiger partial charge in [-0.25, -0.2) is 0 Å². The van der Waals surface area contributed by atoms with Crippen molar-refractivity contribution in [2.24, 2.45) is 0 Å². The van der Waals surface area contributed by atoms with E-state index in [9.17, 15) is 10.2 Å². The van der Waals surface area contributed by atoms with Crippen molar-refractivity contribution in [2.45, 2.75) is 57.8 Å². The van der Waals surface area contributed by atoms with Crippen molar-refractivity contribution in [3.8, 4) is 0 Å². The van der Waals surface area contributed by atoms with E-state index >= 15 is 0 Å². The Morgan fingerprint density at radius 2 is 1.80 bits per heavy atom. The fourth-order valence-corrected chi connectivity index (χ4v) is 1.52. The fourth-order valence-electron chi connectivity index (χ4n) is 1.52. The molecule has 0 aromatic carbocycles. The van der Waals surface area contributed by atoms with Gasteiger partial charge in [0.1, 0.15) is 12.2 Å². The fraction of sp³-hybridized carbons (Fsp3) is 1.00. The molecule has 3 unspecified atom stereocenters. The van der Waals surface area contributed by atoms with Crippen LogP contribution in [0.15, 0.2) is 0 Å². The molecule has 0 aliphatic heterocycles. The molecule has 0 heterocycles. The third-order valence-corrected chi connectivity index (χ3v) is 2.44. The van der Waals surface area contributed by atoms with Crippen LogP contribution in [0.3, 0.4) is 0 Å². The summed E-state index contributed by atoms with van der Waals surface area (Å²) in [5.74, 6) is 0. The molecule has 15 heavy (non-hydrogen) atoms. The first kappa shape index (κ1) is 14.8. The van der Waals surface area contributed by atoms with Gasteiger partial charge >= 0.3 is 0 Å². The first-order valence-electron chi connectivity index (χ1n) is 5.75. The second-order valence-electron chi connectivity index (χ2n) is 3.73. The lowest BCUT2D eigenvalue weighted by Crippen LogP contribution is -2.41. The summed E-state index contributed by atoms with van der Waals surface area (Å²) in [4.78, 5) is 0. The van der Waals surface area contributed by atoms with Crippen LogP contribution in [0.4, 0.5) is 0 Å². The van der Waals surface area contributed by atoms with Crippen LogP contribution in [0, 0.1) is 0 Å². The molecule has 0 rings (SSSR count). The van der Waals surface area contributed by atoms with Gasteiger partial charge in [0, 0.05) is 6.61 Å². The van der Waals surface area contributed by atoms with E-state index in [0.29, 0.717) is 6.61 Å². The Morgan fingerprint density at radius 3 is 2.27 bits per heavy atom. The Balaban J connectivity index is 3.99. The van der Waals surface area contributed by atoms with Crippen molar-refractivity contribution in [3.05, 3.63) is 0 Å². The lowest BCUT2D eigenvalue weighted by Gasteiger charge is -2.25. The van der Waals surface area contributed by atoms with Crippen LogP contribution >= 0.6 is 0 Å². The minimum absolute atomic E-state index is 0.372. The highest BCUT2D eigenvalue weighted by atomic mass is 16.5. The van der Waals surface area contributed by atoms with Gasteiger partial charge in [-0.05, 0) is 13.3 Å². The molecule has 92 valence electrons. The molecule has 0 bridgehead atoms. The Bertz CT molecular complexity index is 141. The molecule has 0 aromatic rings. The molecule has 0 amide bonds. The zero-order valence-corrected chi connectivity index (χ0v) is 9.72. The summed E-state index contributed by atoms with van der Waals surface area (Å²) in [5, 5.41) is 27.7. The van der Waals surface area contributed by atoms with Crippen LogP contribution in [0.1, 0.15) is 39.5 Å². The highest BCUT2D eigenvalue weighted by Crippen LogP contribution is 2.13. The second kappa shape index (κ2) is 9.09. The van der Waals surface area contributed by atoms with Gasteiger partial charge < -0.3 is 20.1 Å². The SMILES string of the molecule is CCCCCC(OCC)C(O)C(O)CO. The van der Waals surface area contributed by atoms with Gasteiger partial charge in [0.15, 0.2) is 0 Å². The average molecular weight is 220 g/mol. The molecule has 0 aliphatic rings. The molecular formula is C11H24O4. The predicted molar refractivity (Wildman–Crippen MR) is 58.7 cm³/mol. The van der Waals surface area contributed by atoms with Crippen molar-refractivity contribution in [1.29, 1.82) is 0 Å². The number of unbranched alkanes of at least 4 members (excludes halogenated alkanes) is 2. The second-order valence-corrected chi connectivity index (χ2v) is 3.73. The average Bonchev–Trinajstić information content (AvgIpc) is 2.26. The summed E-state index contributed by atoms with van der Waals surface area (Å²) < 4.78 is 5.35. The number of aliphatic hydroxyl groups is 3. The molecule has 0 fully saturated rings. The van der Waals surface area contributed by atoms with Crippen LogP contribution in [-0.2, 0) is 4.74 Å². The van der Waals surface area contributed by atoms with E-state index in [0.717, 1.165) is 25.7 Å². The highest BCUT2D eigenvalue weighted by Gasteiger charge is 2.25. The van der Waals surface area contributed by atoms with E-state index in [1.165, 1.54) is 0 Å². The molecule has 0 saturated carbocycles. The topological polar surface area (TPSA) is 69.9 Å². The standard InChI is InChI=1S/C11H24O4/c1-3-5-6-7-10(15-4-2)11(14)9(13)8-12/h9-14H,3-8H2,1-2H3. The molecule has 0 aliphatic carbocycles. The van der Waals surface area contributed by atoms with E-state index in [-0.39, 0.29) is 6.10 Å². The lowest BCUT2D eigenvalue weighted by atomic mass is 10.0. The van der Waals surface area contributed by atoms with Gasteiger partial charge in [-0.2, -0.15) is 0 Å². The minimum atomic E-state index is -1.11. The van der Waals surface area contributed by atoms with Crippen molar-refractivity contribution in [1.82, 2.24) is 0 Å². The Morgan fingerprint density at radius 1 is 1.13 bits per heavy atom. The number of ether oxygens (including phenoxy) is 1. The van der Waals surface area contributed by atoms with Gasteiger partial charge in [-0.15, -0.1) is 0 Å². The summed E-state index contributed by atoms with van der Waals surface area (Å²) in [6.07, 6.45) is 1.41. The van der Waals surface area contributed by atoms with E-state index in [2.05, 4.69) is 6.92 Å². The first-order valence-corrected chi connectivity index (χ1v) is 5.75. The third-order valence-electron chi connectivity index (χ3n) is 2.44. The molecule has 4 heteroatoms. The Kier molecular flexibility index (Phi) is 9.00. The molecule has 0 saturated heterocycles. The van der Waals surface area contributed by atoms with Crippen LogP contribution in [0.2, 0.25) is 0 Å². The summed E-state index contributed by atoms with van der Waals surface area (Å²) in [7, 11) is 0. The lowest BCUT2D eigenvalue weighted by molar-refractivity contribution is -0.102. The summed E-state index contributed by atoms with van der Waals surface area (Å²) in [5.41, 5.74) is 0. The van der Waals surface area contributed by atoms with Gasteiger partial charge in [0.2, 0.25) is 0 Å². The molecule has 3 N–H and O–H groups in total. The number of aliphatic hydroxyl groups excluding tert-OH is 3. The quantitative estimate of drug-likeness (QED) is 0.500. The summed E-state index contributed by atoms with van der Waals surface area (Å²) in [6, 6.07) is 0. The van der Waals surface area contributed by atoms with Crippen molar-refractivity contribution < 1.29 is 20.1 Å². The van der Waals surface area contributed by atoms with E-state index < -0.39 is 18.8 Å². The molecule has 0 aromatic heterocycles. The van der Waals surface area contributed by atoms with Crippen LogP contribution < -0.4 is 0 Å². The smallest absolute Gasteiger partial charge is 0.108 e. The van der Waals surface area contributed by atoms with E-state index in [1.807, 2.05) is 6.92 Å². The zero-order valence-electron chi connectivity index (χ0n) is 9.72. The first-order chi connectivity index (χ1) is 7.17. The molecule has 3 atom stereocenters. The summed E-state index contributed by atoms with van der Waals surface area (Å²) >= 11 is 0. The van der Waals surface area contributed by atoms with E-state index in [1.54, 1.807) is 0 Å². The van der Waals surface area contributed by atoms with E-state index in [4.69, 9.17) is 9.84 Å². The van der Waals surface area contributed by atoms with Gasteiger partial charge in [0.25, 0.3) is 0 Å². The van der Waals surface area contributed by atoms with Crippen LogP contribution in [0.5, 0.6) is 0 Å². The van der Waals surface area contributed by atoms with Gasteiger partial charge in [-0.3, -0.25) is 0 Å². The monoisotopic (exact) mass is 220 g/mol. The molecule has 0 spiro atoms.